The van der Waals surface area contributed by atoms with E-state index in [1.807, 2.05) is 38.1 Å². The first-order valence-corrected chi connectivity index (χ1v) is 6.04. The lowest BCUT2D eigenvalue weighted by Gasteiger charge is -2.15. The van der Waals surface area contributed by atoms with Crippen LogP contribution in [0.3, 0.4) is 0 Å². The molecule has 17 heavy (non-hydrogen) atoms. The molecule has 2 N–H and O–H groups in total. The van der Waals surface area contributed by atoms with Crippen LogP contribution in [0.1, 0.15) is 25.6 Å². The highest BCUT2D eigenvalue weighted by Gasteiger charge is 2.13. The monoisotopic (exact) mass is 253 g/mol. The number of rotatable bonds is 4. The first-order valence-electron chi connectivity index (χ1n) is 5.66. The molecule has 0 radical (unpaired) electrons. The first-order chi connectivity index (χ1) is 8.10. The normalized spacial score (nSPS) is 15.1. The van der Waals surface area contributed by atoms with Gasteiger partial charge < -0.3 is 14.8 Å². The molecule has 0 fully saturated rings. The van der Waals surface area contributed by atoms with E-state index >= 15 is 0 Å². The number of hydrogen-bond donors (Lipinski definition) is 2. The molecule has 0 aliphatic rings. The van der Waals surface area contributed by atoms with Crippen molar-refractivity contribution in [3.63, 3.8) is 0 Å². The van der Waals surface area contributed by atoms with Crippen LogP contribution in [0.4, 0.5) is 0 Å². The van der Waals surface area contributed by atoms with Crippen molar-refractivity contribution in [2.45, 2.75) is 25.9 Å². The third kappa shape index (κ3) is 2.80. The Kier molecular flexibility index (Phi) is 3.72. The first kappa shape index (κ1) is 12.4. The van der Waals surface area contributed by atoms with E-state index in [-0.39, 0.29) is 18.7 Å². The van der Waals surface area contributed by atoms with Crippen molar-refractivity contribution < 1.29 is 9.52 Å². The lowest BCUT2D eigenvalue weighted by Crippen LogP contribution is -2.31. The van der Waals surface area contributed by atoms with Crippen LogP contribution in [-0.4, -0.2) is 17.8 Å². The molecule has 4 heteroatoms. The molecule has 1 aromatic heterocycles. The summed E-state index contributed by atoms with van der Waals surface area (Å²) >= 11 is 5.92. The summed E-state index contributed by atoms with van der Waals surface area (Å²) in [5, 5.41) is 13.9. The highest BCUT2D eigenvalue weighted by molar-refractivity contribution is 6.31. The Morgan fingerprint density at radius 1 is 1.35 bits per heavy atom. The molecular weight excluding hydrogens is 238 g/mol. The Hall–Kier alpha value is -1.03. The van der Waals surface area contributed by atoms with Crippen LogP contribution in [0.2, 0.25) is 5.02 Å². The second kappa shape index (κ2) is 5.08. The van der Waals surface area contributed by atoms with Crippen molar-refractivity contribution in [1.82, 2.24) is 5.32 Å². The van der Waals surface area contributed by atoms with Gasteiger partial charge in [0.25, 0.3) is 0 Å². The molecule has 0 saturated heterocycles. The molecule has 3 nitrogen and oxygen atoms in total. The highest BCUT2D eigenvalue weighted by Crippen LogP contribution is 2.26. The minimum absolute atomic E-state index is 0.0433. The fourth-order valence-electron chi connectivity index (χ4n) is 1.81. The van der Waals surface area contributed by atoms with Gasteiger partial charge in [-0.1, -0.05) is 11.6 Å². The van der Waals surface area contributed by atoms with Crippen LogP contribution in [0.25, 0.3) is 11.0 Å². The van der Waals surface area contributed by atoms with Crippen molar-refractivity contribution in [3.8, 4) is 0 Å². The summed E-state index contributed by atoms with van der Waals surface area (Å²) in [4.78, 5) is 0. The van der Waals surface area contributed by atoms with Gasteiger partial charge in [-0.25, -0.2) is 0 Å². The average molecular weight is 254 g/mol. The van der Waals surface area contributed by atoms with Crippen molar-refractivity contribution in [2.24, 2.45) is 0 Å². The number of halogens is 1. The largest absolute Gasteiger partial charge is 0.459 e. The predicted octanol–water partition coefficient (Wildman–Crippen LogP) is 3.12. The molecular formula is C13H16ClNO2. The Labute approximate surface area is 105 Å². The SMILES string of the molecule is CC(N[C@H](C)CO)c1cc2cc(Cl)ccc2o1. The van der Waals surface area contributed by atoms with Gasteiger partial charge in [0.05, 0.1) is 12.6 Å². The van der Waals surface area contributed by atoms with Gasteiger partial charge in [-0.05, 0) is 38.1 Å². The number of aliphatic hydroxyl groups excluding tert-OH is 1. The standard InChI is InChI=1S/C13H16ClNO2/c1-8(7-16)15-9(2)13-6-10-5-11(14)3-4-12(10)17-13/h3-6,8-9,15-16H,7H2,1-2H3/t8-,9?/m1/s1. The van der Waals surface area contributed by atoms with E-state index in [2.05, 4.69) is 5.32 Å². The molecule has 1 unspecified atom stereocenters. The fraction of sp³-hybridized carbons (Fsp3) is 0.385. The molecule has 0 bridgehead atoms. The third-order valence-corrected chi connectivity index (χ3v) is 2.97. The van der Waals surface area contributed by atoms with E-state index in [0.717, 1.165) is 16.7 Å². The van der Waals surface area contributed by atoms with Crippen LogP contribution < -0.4 is 5.32 Å². The maximum absolute atomic E-state index is 9.00. The summed E-state index contributed by atoms with van der Waals surface area (Å²) in [6, 6.07) is 7.63. The maximum Gasteiger partial charge on any atom is 0.134 e. The number of aliphatic hydroxyl groups is 1. The zero-order valence-electron chi connectivity index (χ0n) is 9.90. The van der Waals surface area contributed by atoms with Gasteiger partial charge in [0, 0.05) is 16.5 Å². The number of nitrogens with one attached hydrogen (secondary N) is 1. The van der Waals surface area contributed by atoms with Crippen molar-refractivity contribution >= 4 is 22.6 Å². The number of furan rings is 1. The van der Waals surface area contributed by atoms with Crippen LogP contribution in [-0.2, 0) is 0 Å². The van der Waals surface area contributed by atoms with Crippen LogP contribution in [0, 0.1) is 0 Å². The van der Waals surface area contributed by atoms with E-state index in [0.29, 0.717) is 5.02 Å². The van der Waals surface area contributed by atoms with Crippen LogP contribution >= 0.6 is 11.6 Å². The van der Waals surface area contributed by atoms with Gasteiger partial charge in [0.1, 0.15) is 11.3 Å². The Morgan fingerprint density at radius 3 is 2.82 bits per heavy atom. The van der Waals surface area contributed by atoms with Crippen LogP contribution in [0.5, 0.6) is 0 Å². The lowest BCUT2D eigenvalue weighted by atomic mass is 10.2. The van der Waals surface area contributed by atoms with Crippen molar-refractivity contribution in [2.75, 3.05) is 6.61 Å². The van der Waals surface area contributed by atoms with E-state index in [1.165, 1.54) is 0 Å². The predicted molar refractivity (Wildman–Crippen MR) is 69.3 cm³/mol. The molecule has 1 aromatic carbocycles. The minimum atomic E-state index is 0.0433. The third-order valence-electron chi connectivity index (χ3n) is 2.73. The van der Waals surface area contributed by atoms with E-state index in [9.17, 15) is 0 Å². The zero-order valence-corrected chi connectivity index (χ0v) is 10.7. The molecule has 0 saturated carbocycles. The minimum Gasteiger partial charge on any atom is -0.459 e. The van der Waals surface area contributed by atoms with Crippen LogP contribution in [0.15, 0.2) is 28.7 Å². The fourth-order valence-corrected chi connectivity index (χ4v) is 1.99. The van der Waals surface area contributed by atoms with Gasteiger partial charge >= 0.3 is 0 Å². The van der Waals surface area contributed by atoms with Crippen molar-refractivity contribution in [3.05, 3.63) is 35.0 Å². The quantitative estimate of drug-likeness (QED) is 0.880. The highest BCUT2D eigenvalue weighted by atomic mass is 35.5. The van der Waals surface area contributed by atoms with Gasteiger partial charge in [0.15, 0.2) is 0 Å². The van der Waals surface area contributed by atoms with Gasteiger partial charge in [0.2, 0.25) is 0 Å². The summed E-state index contributed by atoms with van der Waals surface area (Å²) in [5.74, 6) is 0.850. The topological polar surface area (TPSA) is 45.4 Å². The zero-order chi connectivity index (χ0) is 12.4. The Bertz CT molecular complexity index is 509. The van der Waals surface area contributed by atoms with Gasteiger partial charge in [-0.15, -0.1) is 0 Å². The Morgan fingerprint density at radius 2 is 2.12 bits per heavy atom. The smallest absolute Gasteiger partial charge is 0.134 e. The second-order valence-electron chi connectivity index (χ2n) is 4.30. The van der Waals surface area contributed by atoms with Gasteiger partial charge in [-0.3, -0.25) is 0 Å². The lowest BCUT2D eigenvalue weighted by molar-refractivity contribution is 0.239. The molecule has 1 heterocycles. The average Bonchev–Trinajstić information content (AvgIpc) is 2.71. The van der Waals surface area contributed by atoms with Crippen molar-refractivity contribution in [1.29, 1.82) is 0 Å². The summed E-state index contributed by atoms with van der Waals surface area (Å²) in [7, 11) is 0. The summed E-state index contributed by atoms with van der Waals surface area (Å²) in [5.41, 5.74) is 0.828. The second-order valence-corrected chi connectivity index (χ2v) is 4.74. The number of benzene rings is 1. The molecule has 0 aliphatic heterocycles. The van der Waals surface area contributed by atoms with E-state index in [1.54, 1.807) is 0 Å². The van der Waals surface area contributed by atoms with E-state index in [4.69, 9.17) is 21.1 Å². The van der Waals surface area contributed by atoms with Gasteiger partial charge in [-0.2, -0.15) is 0 Å². The molecule has 0 amide bonds. The molecule has 2 aromatic rings. The summed E-state index contributed by atoms with van der Waals surface area (Å²) < 4.78 is 5.73. The maximum atomic E-state index is 9.00. The van der Waals surface area contributed by atoms with E-state index < -0.39 is 0 Å². The molecule has 2 rings (SSSR count). The molecule has 2 atom stereocenters. The Balaban J connectivity index is 2.24. The summed E-state index contributed by atoms with van der Waals surface area (Å²) in [6.07, 6.45) is 0. The number of fused-ring (bicyclic) bond motifs is 1. The molecule has 0 spiro atoms. The number of hydrogen-bond acceptors (Lipinski definition) is 3. The molecule has 92 valence electrons. The summed E-state index contributed by atoms with van der Waals surface area (Å²) in [6.45, 7) is 4.04. The molecule has 0 aliphatic carbocycles.